The van der Waals surface area contributed by atoms with Crippen LogP contribution in [-0.2, 0) is 4.79 Å². The van der Waals surface area contributed by atoms with Crippen LogP contribution in [0.25, 0.3) is 0 Å². The number of aliphatic hydroxyl groups excluding tert-OH is 3. The molecule has 0 saturated heterocycles. The molecule has 1 aromatic rings. The second kappa shape index (κ2) is 5.23. The summed E-state index contributed by atoms with van der Waals surface area (Å²) in [5, 5.41) is 37.3. The van der Waals surface area contributed by atoms with E-state index in [1.165, 1.54) is 6.20 Å². The molecule has 0 aliphatic rings. The van der Waals surface area contributed by atoms with Gasteiger partial charge in [0.1, 0.15) is 30.2 Å². The van der Waals surface area contributed by atoms with E-state index >= 15 is 0 Å². The predicted octanol–water partition coefficient (Wildman–Crippen LogP) is -2.11. The largest absolute Gasteiger partial charge is 0.480 e. The summed E-state index contributed by atoms with van der Waals surface area (Å²) in [5.74, 6) is -0.951. The zero-order chi connectivity index (χ0) is 13.2. The molecule has 1 heterocycles. The molecule has 8 heteroatoms. The number of carbonyl (C=O) groups is 1. The maximum absolute atomic E-state index is 10.5. The summed E-state index contributed by atoms with van der Waals surface area (Å²) in [6.07, 6.45) is -3.72. The molecule has 17 heavy (non-hydrogen) atoms. The highest BCUT2D eigenvalue weighted by Crippen LogP contribution is 2.18. The topological polar surface area (TPSA) is 153 Å². The molecular formula is C9H15N3O5. The first-order valence-corrected chi connectivity index (χ1v) is 4.88. The van der Waals surface area contributed by atoms with Gasteiger partial charge in [-0.3, -0.25) is 4.79 Å². The lowest BCUT2D eigenvalue weighted by Crippen LogP contribution is -2.50. The normalized spacial score (nSPS) is 18.4. The van der Waals surface area contributed by atoms with Gasteiger partial charge in [0.05, 0.1) is 11.9 Å². The molecule has 0 spiro atoms. The maximum atomic E-state index is 10.5. The van der Waals surface area contributed by atoms with Crippen molar-refractivity contribution in [1.29, 1.82) is 0 Å². The van der Waals surface area contributed by atoms with Gasteiger partial charge < -0.3 is 31.1 Å². The Kier molecular flexibility index (Phi) is 4.18. The molecule has 0 amide bonds. The number of imidazole rings is 1. The van der Waals surface area contributed by atoms with Gasteiger partial charge in [-0.15, -0.1) is 0 Å². The van der Waals surface area contributed by atoms with Crippen molar-refractivity contribution in [3.05, 3.63) is 17.7 Å². The molecule has 0 radical (unpaired) electrons. The summed E-state index contributed by atoms with van der Waals surface area (Å²) >= 11 is 0. The Hall–Kier alpha value is -1.48. The molecule has 0 bridgehead atoms. The van der Waals surface area contributed by atoms with E-state index < -0.39 is 30.3 Å². The quantitative estimate of drug-likeness (QED) is 0.347. The van der Waals surface area contributed by atoms with E-state index in [1.54, 1.807) is 6.92 Å². The highest BCUT2D eigenvalue weighted by molar-refractivity contribution is 5.74. The standard InChI is InChI=1S/C9H15N3O5/c1-3-11-2-4(12-3)6(13)8(15)7(14)5(10)9(16)17/h2,5-8,13-15H,10H2,1H3,(H,11,12)(H,16,17). The van der Waals surface area contributed by atoms with Crippen LogP contribution in [0.2, 0.25) is 0 Å². The third-order valence-electron chi connectivity index (χ3n) is 2.37. The lowest BCUT2D eigenvalue weighted by atomic mass is 10.00. The molecule has 96 valence electrons. The smallest absolute Gasteiger partial charge is 0.323 e. The fourth-order valence-electron chi connectivity index (χ4n) is 1.32. The van der Waals surface area contributed by atoms with Crippen LogP contribution in [0.5, 0.6) is 0 Å². The molecule has 4 atom stereocenters. The minimum absolute atomic E-state index is 0.173. The van der Waals surface area contributed by atoms with Crippen molar-refractivity contribution >= 4 is 5.97 Å². The van der Waals surface area contributed by atoms with E-state index in [0.717, 1.165) is 0 Å². The second-order valence-electron chi connectivity index (χ2n) is 3.71. The van der Waals surface area contributed by atoms with E-state index in [9.17, 15) is 20.1 Å². The Morgan fingerprint density at radius 1 is 1.41 bits per heavy atom. The Balaban J connectivity index is 2.75. The molecular weight excluding hydrogens is 230 g/mol. The van der Waals surface area contributed by atoms with E-state index in [0.29, 0.717) is 5.82 Å². The molecule has 4 unspecified atom stereocenters. The van der Waals surface area contributed by atoms with Crippen LogP contribution in [0.3, 0.4) is 0 Å². The first-order chi connectivity index (χ1) is 7.84. The van der Waals surface area contributed by atoms with Gasteiger partial charge in [0.2, 0.25) is 0 Å². The van der Waals surface area contributed by atoms with Crippen LogP contribution < -0.4 is 5.73 Å². The third kappa shape index (κ3) is 3.01. The monoisotopic (exact) mass is 245 g/mol. The summed E-state index contributed by atoms with van der Waals surface area (Å²) < 4.78 is 0. The highest BCUT2D eigenvalue weighted by atomic mass is 16.4. The van der Waals surface area contributed by atoms with Gasteiger partial charge >= 0.3 is 5.97 Å². The van der Waals surface area contributed by atoms with Crippen LogP contribution >= 0.6 is 0 Å². The Labute approximate surface area is 96.7 Å². The van der Waals surface area contributed by atoms with Crippen molar-refractivity contribution in [2.24, 2.45) is 5.73 Å². The Bertz CT molecular complexity index is 394. The van der Waals surface area contributed by atoms with Crippen molar-refractivity contribution in [3.8, 4) is 0 Å². The summed E-state index contributed by atoms with van der Waals surface area (Å²) in [4.78, 5) is 17.0. The number of aromatic nitrogens is 2. The van der Waals surface area contributed by atoms with Crippen LogP contribution in [0.4, 0.5) is 0 Å². The number of aliphatic carboxylic acids is 1. The average Bonchev–Trinajstić information content (AvgIpc) is 2.71. The van der Waals surface area contributed by atoms with Gasteiger partial charge in [0.25, 0.3) is 0 Å². The Morgan fingerprint density at radius 2 is 2.00 bits per heavy atom. The number of carboxylic acids is 1. The molecule has 1 rings (SSSR count). The van der Waals surface area contributed by atoms with Gasteiger partial charge in [-0.2, -0.15) is 0 Å². The molecule has 0 aliphatic carbocycles. The number of hydrogen-bond donors (Lipinski definition) is 6. The summed E-state index contributed by atoms with van der Waals surface area (Å²) in [6, 6.07) is -1.68. The third-order valence-corrected chi connectivity index (χ3v) is 2.37. The number of aryl methyl sites for hydroxylation is 1. The van der Waals surface area contributed by atoms with Crippen molar-refractivity contribution in [2.45, 2.75) is 31.3 Å². The highest BCUT2D eigenvalue weighted by Gasteiger charge is 2.34. The van der Waals surface area contributed by atoms with Crippen molar-refractivity contribution in [1.82, 2.24) is 9.97 Å². The average molecular weight is 245 g/mol. The van der Waals surface area contributed by atoms with Crippen LogP contribution in [0.1, 0.15) is 17.6 Å². The van der Waals surface area contributed by atoms with E-state index in [4.69, 9.17) is 10.8 Å². The number of rotatable bonds is 5. The number of aromatic amines is 1. The van der Waals surface area contributed by atoms with Crippen molar-refractivity contribution in [3.63, 3.8) is 0 Å². The fourth-order valence-corrected chi connectivity index (χ4v) is 1.32. The predicted molar refractivity (Wildman–Crippen MR) is 55.9 cm³/mol. The molecule has 1 aromatic heterocycles. The zero-order valence-electron chi connectivity index (χ0n) is 9.11. The number of nitrogens with two attached hydrogens (primary N) is 1. The number of aliphatic hydroxyl groups is 3. The number of carboxylic acid groups (broad SMARTS) is 1. The second-order valence-corrected chi connectivity index (χ2v) is 3.71. The number of nitrogens with one attached hydrogen (secondary N) is 1. The molecule has 0 saturated carbocycles. The number of nitrogens with zero attached hydrogens (tertiary/aromatic N) is 1. The van der Waals surface area contributed by atoms with E-state index in [1.807, 2.05) is 0 Å². The molecule has 8 nitrogen and oxygen atoms in total. The van der Waals surface area contributed by atoms with Gasteiger partial charge in [0.15, 0.2) is 0 Å². The van der Waals surface area contributed by atoms with Gasteiger partial charge in [-0.25, -0.2) is 4.98 Å². The zero-order valence-corrected chi connectivity index (χ0v) is 9.11. The lowest BCUT2D eigenvalue weighted by molar-refractivity contribution is -0.146. The maximum Gasteiger partial charge on any atom is 0.323 e. The molecule has 0 fully saturated rings. The SMILES string of the molecule is Cc1ncc(C(O)C(O)C(O)C(N)C(=O)O)[nH]1. The molecule has 0 aliphatic heterocycles. The van der Waals surface area contributed by atoms with Gasteiger partial charge in [-0.1, -0.05) is 0 Å². The lowest BCUT2D eigenvalue weighted by Gasteiger charge is -2.24. The van der Waals surface area contributed by atoms with Crippen LogP contribution in [-0.4, -0.2) is 54.6 Å². The summed E-state index contributed by atoms with van der Waals surface area (Å²) in [6.45, 7) is 1.64. The summed E-state index contributed by atoms with van der Waals surface area (Å²) in [5.41, 5.74) is 5.31. The Morgan fingerprint density at radius 3 is 2.41 bits per heavy atom. The summed E-state index contributed by atoms with van der Waals surface area (Å²) in [7, 11) is 0. The minimum Gasteiger partial charge on any atom is -0.480 e. The van der Waals surface area contributed by atoms with E-state index in [-0.39, 0.29) is 5.69 Å². The first kappa shape index (κ1) is 13.6. The van der Waals surface area contributed by atoms with Gasteiger partial charge in [0, 0.05) is 0 Å². The number of H-pyrrole nitrogens is 1. The first-order valence-electron chi connectivity index (χ1n) is 4.88. The van der Waals surface area contributed by atoms with E-state index in [2.05, 4.69) is 9.97 Å². The number of hydrogen-bond acceptors (Lipinski definition) is 6. The molecule has 0 aromatic carbocycles. The van der Waals surface area contributed by atoms with Crippen LogP contribution in [0, 0.1) is 6.92 Å². The fraction of sp³-hybridized carbons (Fsp3) is 0.556. The van der Waals surface area contributed by atoms with Crippen LogP contribution in [0.15, 0.2) is 6.20 Å². The molecule has 7 N–H and O–H groups in total. The van der Waals surface area contributed by atoms with Crippen molar-refractivity contribution in [2.75, 3.05) is 0 Å². The van der Waals surface area contributed by atoms with Crippen molar-refractivity contribution < 1.29 is 25.2 Å². The minimum atomic E-state index is -1.79. The van der Waals surface area contributed by atoms with Gasteiger partial charge in [-0.05, 0) is 6.92 Å².